The molecule has 1 aliphatic rings. The van der Waals surface area contributed by atoms with Crippen LogP contribution in [0.5, 0.6) is 0 Å². The summed E-state index contributed by atoms with van der Waals surface area (Å²) < 4.78 is 1.98. The first-order valence-electron chi connectivity index (χ1n) is 5.87. The summed E-state index contributed by atoms with van der Waals surface area (Å²) >= 11 is 0. The molecule has 1 unspecified atom stereocenters. The van der Waals surface area contributed by atoms with Gasteiger partial charge >= 0.3 is 5.97 Å². The molecule has 0 bridgehead atoms. The molecule has 5 nitrogen and oxygen atoms in total. The van der Waals surface area contributed by atoms with Crippen LogP contribution in [0, 0.1) is 0 Å². The Morgan fingerprint density at radius 3 is 3.06 bits per heavy atom. The van der Waals surface area contributed by atoms with Crippen molar-refractivity contribution in [1.29, 1.82) is 0 Å². The smallest absolute Gasteiger partial charge is 0.312 e. The average molecular weight is 243 g/mol. The summed E-state index contributed by atoms with van der Waals surface area (Å²) in [6.45, 7) is 0. The van der Waals surface area contributed by atoms with E-state index in [1.54, 1.807) is 12.4 Å². The molecule has 3 rings (SSSR count). The quantitative estimate of drug-likeness (QED) is 0.869. The van der Waals surface area contributed by atoms with Gasteiger partial charge in [-0.05, 0) is 25.0 Å². The van der Waals surface area contributed by atoms with Crippen molar-refractivity contribution < 1.29 is 9.90 Å². The molecule has 92 valence electrons. The minimum atomic E-state index is -0.787. The lowest BCUT2D eigenvalue weighted by Crippen LogP contribution is -2.08. The summed E-state index contributed by atoms with van der Waals surface area (Å²) in [7, 11) is 1.93. The van der Waals surface area contributed by atoms with Gasteiger partial charge in [0.15, 0.2) is 0 Å². The van der Waals surface area contributed by atoms with Gasteiger partial charge in [-0.1, -0.05) is 0 Å². The number of nitrogens with zero attached hydrogens (tertiary/aromatic N) is 3. The lowest BCUT2D eigenvalue weighted by Gasteiger charge is -2.04. The first kappa shape index (κ1) is 11.0. The second-order valence-corrected chi connectivity index (χ2v) is 4.50. The van der Waals surface area contributed by atoms with E-state index in [1.165, 1.54) is 0 Å². The van der Waals surface area contributed by atoms with Crippen LogP contribution >= 0.6 is 0 Å². The zero-order chi connectivity index (χ0) is 12.7. The maximum atomic E-state index is 11.2. The number of hydrogen-bond donors (Lipinski definition) is 1. The Morgan fingerprint density at radius 2 is 2.39 bits per heavy atom. The van der Waals surface area contributed by atoms with Crippen LogP contribution in [0.15, 0.2) is 24.5 Å². The Kier molecular flexibility index (Phi) is 2.40. The summed E-state index contributed by atoms with van der Waals surface area (Å²) in [5.74, 6) is -0.458. The summed E-state index contributed by atoms with van der Waals surface area (Å²) in [4.78, 5) is 19.7. The summed E-state index contributed by atoms with van der Waals surface area (Å²) in [5.41, 5.74) is 2.66. The number of carboxylic acid groups (broad SMARTS) is 1. The van der Waals surface area contributed by atoms with Crippen LogP contribution in [0.25, 0.3) is 11.4 Å². The molecule has 18 heavy (non-hydrogen) atoms. The number of aromatic nitrogens is 3. The first-order chi connectivity index (χ1) is 8.68. The fourth-order valence-corrected chi connectivity index (χ4v) is 2.54. The predicted molar refractivity (Wildman–Crippen MR) is 65.1 cm³/mol. The molecule has 0 radical (unpaired) electrons. The van der Waals surface area contributed by atoms with Crippen molar-refractivity contribution in [2.75, 3.05) is 0 Å². The Hall–Kier alpha value is -2.17. The minimum Gasteiger partial charge on any atom is -0.481 e. The summed E-state index contributed by atoms with van der Waals surface area (Å²) in [6.07, 6.45) is 4.87. The minimum absolute atomic E-state index is 0.461. The Bertz CT molecular complexity index is 604. The lowest BCUT2D eigenvalue weighted by atomic mass is 10.1. The topological polar surface area (TPSA) is 68.0 Å². The van der Waals surface area contributed by atoms with Crippen molar-refractivity contribution in [2.24, 2.45) is 7.05 Å². The predicted octanol–water partition coefficient (Wildman–Crippen LogP) is 1.60. The van der Waals surface area contributed by atoms with E-state index in [-0.39, 0.29) is 0 Å². The maximum absolute atomic E-state index is 11.2. The number of carboxylic acids is 1. The molecule has 5 heteroatoms. The van der Waals surface area contributed by atoms with E-state index in [0.29, 0.717) is 12.1 Å². The third-order valence-electron chi connectivity index (χ3n) is 3.46. The molecule has 0 saturated carbocycles. The van der Waals surface area contributed by atoms with Crippen LogP contribution in [0.2, 0.25) is 0 Å². The Balaban J connectivity index is 2.11. The second kappa shape index (κ2) is 3.94. The van der Waals surface area contributed by atoms with E-state index >= 15 is 0 Å². The fraction of sp³-hybridized carbons (Fsp3) is 0.308. The molecule has 1 N–H and O–H groups in total. The Morgan fingerprint density at radius 1 is 1.56 bits per heavy atom. The van der Waals surface area contributed by atoms with E-state index in [2.05, 4.69) is 9.97 Å². The number of rotatable bonds is 2. The van der Waals surface area contributed by atoms with E-state index in [1.807, 2.05) is 23.7 Å². The van der Waals surface area contributed by atoms with E-state index in [4.69, 9.17) is 5.11 Å². The third-order valence-corrected chi connectivity index (χ3v) is 3.46. The molecule has 2 aromatic rings. The molecule has 1 aliphatic carbocycles. The maximum Gasteiger partial charge on any atom is 0.312 e. The molecule has 2 aromatic heterocycles. The fourth-order valence-electron chi connectivity index (χ4n) is 2.54. The van der Waals surface area contributed by atoms with Crippen LogP contribution < -0.4 is 0 Å². The number of pyridine rings is 1. The standard InChI is InChI=1S/C13H13N3O2/c1-16-10-5-4-9(13(17)18)11(10)15-12(16)8-3-2-6-14-7-8/h2-3,6-7,9H,4-5H2,1H3,(H,17,18). The van der Waals surface area contributed by atoms with Crippen molar-refractivity contribution >= 4 is 5.97 Å². The largest absolute Gasteiger partial charge is 0.481 e. The summed E-state index contributed by atoms with van der Waals surface area (Å²) in [6, 6.07) is 3.78. The van der Waals surface area contributed by atoms with Crippen molar-refractivity contribution in [3.8, 4) is 11.4 Å². The zero-order valence-corrected chi connectivity index (χ0v) is 10.00. The molecule has 0 fully saturated rings. The molecule has 0 aliphatic heterocycles. The number of imidazole rings is 1. The van der Waals surface area contributed by atoms with Gasteiger partial charge in [-0.2, -0.15) is 0 Å². The molecule has 0 spiro atoms. The van der Waals surface area contributed by atoms with Gasteiger partial charge in [-0.3, -0.25) is 9.78 Å². The van der Waals surface area contributed by atoms with Crippen LogP contribution in [-0.2, 0) is 18.3 Å². The Labute approximate surface area is 104 Å². The van der Waals surface area contributed by atoms with Gasteiger partial charge in [0.05, 0.1) is 5.69 Å². The highest BCUT2D eigenvalue weighted by Gasteiger charge is 2.33. The summed E-state index contributed by atoms with van der Waals surface area (Å²) in [5, 5.41) is 9.17. The van der Waals surface area contributed by atoms with Crippen LogP contribution in [-0.4, -0.2) is 25.6 Å². The molecule has 1 atom stereocenters. The van der Waals surface area contributed by atoms with Crippen molar-refractivity contribution in [3.63, 3.8) is 0 Å². The van der Waals surface area contributed by atoms with Gasteiger partial charge in [0, 0.05) is 30.7 Å². The second-order valence-electron chi connectivity index (χ2n) is 4.50. The third kappa shape index (κ3) is 1.51. The lowest BCUT2D eigenvalue weighted by molar-refractivity contribution is -0.138. The van der Waals surface area contributed by atoms with Gasteiger partial charge in [0.1, 0.15) is 11.7 Å². The van der Waals surface area contributed by atoms with Crippen LogP contribution in [0.1, 0.15) is 23.7 Å². The number of carbonyl (C=O) groups is 1. The van der Waals surface area contributed by atoms with Gasteiger partial charge in [-0.15, -0.1) is 0 Å². The van der Waals surface area contributed by atoms with Crippen molar-refractivity contribution in [1.82, 2.24) is 14.5 Å². The molecular weight excluding hydrogens is 230 g/mol. The molecular formula is C13H13N3O2. The number of hydrogen-bond acceptors (Lipinski definition) is 3. The molecule has 0 saturated heterocycles. The van der Waals surface area contributed by atoms with Crippen molar-refractivity contribution in [3.05, 3.63) is 35.9 Å². The van der Waals surface area contributed by atoms with Gasteiger partial charge in [-0.25, -0.2) is 4.98 Å². The number of aliphatic carboxylic acids is 1. The monoisotopic (exact) mass is 243 g/mol. The highest BCUT2D eigenvalue weighted by Crippen LogP contribution is 2.35. The normalized spacial score (nSPS) is 17.7. The highest BCUT2D eigenvalue weighted by molar-refractivity contribution is 5.77. The van der Waals surface area contributed by atoms with E-state index in [0.717, 1.165) is 23.5 Å². The number of fused-ring (bicyclic) bond motifs is 1. The average Bonchev–Trinajstić information content (AvgIpc) is 2.91. The van der Waals surface area contributed by atoms with E-state index in [9.17, 15) is 4.79 Å². The molecule has 2 heterocycles. The van der Waals surface area contributed by atoms with Gasteiger partial charge in [0.2, 0.25) is 0 Å². The van der Waals surface area contributed by atoms with Crippen molar-refractivity contribution in [2.45, 2.75) is 18.8 Å². The van der Waals surface area contributed by atoms with Crippen LogP contribution in [0.3, 0.4) is 0 Å². The molecule has 0 aromatic carbocycles. The van der Waals surface area contributed by atoms with Gasteiger partial charge < -0.3 is 9.67 Å². The first-order valence-corrected chi connectivity index (χ1v) is 5.87. The SMILES string of the molecule is Cn1c(-c2cccnc2)nc2c1CCC2C(=O)O. The van der Waals surface area contributed by atoms with Crippen LogP contribution in [0.4, 0.5) is 0 Å². The molecule has 0 amide bonds. The van der Waals surface area contributed by atoms with E-state index < -0.39 is 11.9 Å². The van der Waals surface area contributed by atoms with Gasteiger partial charge in [0.25, 0.3) is 0 Å². The highest BCUT2D eigenvalue weighted by atomic mass is 16.4. The zero-order valence-electron chi connectivity index (χ0n) is 10.00.